The summed E-state index contributed by atoms with van der Waals surface area (Å²) < 4.78 is 29.9. The van der Waals surface area contributed by atoms with Crippen molar-refractivity contribution in [1.82, 2.24) is 4.98 Å². The van der Waals surface area contributed by atoms with Gasteiger partial charge in [0.15, 0.2) is 4.34 Å². The van der Waals surface area contributed by atoms with Gasteiger partial charge in [-0.3, -0.25) is 4.72 Å². The number of benzene rings is 3. The highest BCUT2D eigenvalue weighted by atomic mass is 32.2. The molecule has 0 atom stereocenters. The number of hydrogen-bond donors (Lipinski definition) is 2. The van der Waals surface area contributed by atoms with Crippen molar-refractivity contribution in [2.75, 3.05) is 4.72 Å². The second-order valence-corrected chi connectivity index (χ2v) is 10.6. The third kappa shape index (κ3) is 4.24. The van der Waals surface area contributed by atoms with E-state index in [0.29, 0.717) is 16.1 Å². The molecule has 0 bridgehead atoms. The van der Waals surface area contributed by atoms with E-state index in [1.165, 1.54) is 23.1 Å². The molecule has 0 saturated heterocycles. The molecule has 0 aliphatic heterocycles. The van der Waals surface area contributed by atoms with Gasteiger partial charge < -0.3 is 5.11 Å². The number of aryl methyl sites for hydroxylation is 2. The Balaban J connectivity index is 1.65. The van der Waals surface area contributed by atoms with Crippen LogP contribution in [0.25, 0.3) is 10.2 Å². The lowest BCUT2D eigenvalue weighted by molar-refractivity contribution is 0.458. The molecule has 4 aromatic rings. The lowest BCUT2D eigenvalue weighted by Crippen LogP contribution is -2.13. The summed E-state index contributed by atoms with van der Waals surface area (Å²) in [5.74, 6) is 0.118. The van der Waals surface area contributed by atoms with E-state index in [9.17, 15) is 13.5 Å². The highest BCUT2D eigenvalue weighted by Crippen LogP contribution is 2.41. The lowest BCUT2D eigenvalue weighted by Gasteiger charge is -2.12. The molecule has 2 N–H and O–H groups in total. The molecule has 0 radical (unpaired) electrons. The van der Waals surface area contributed by atoms with Crippen molar-refractivity contribution in [3.05, 3.63) is 71.8 Å². The van der Waals surface area contributed by atoms with E-state index >= 15 is 0 Å². The maximum Gasteiger partial charge on any atom is 0.261 e. The first-order valence-electron chi connectivity index (χ1n) is 8.78. The van der Waals surface area contributed by atoms with Gasteiger partial charge in [-0.2, -0.15) is 0 Å². The predicted octanol–water partition coefficient (Wildman–Crippen LogP) is 5.57. The van der Waals surface area contributed by atoms with Gasteiger partial charge in [0.2, 0.25) is 0 Å². The Labute approximate surface area is 177 Å². The average Bonchev–Trinajstić information content (AvgIpc) is 3.08. The summed E-state index contributed by atoms with van der Waals surface area (Å²) in [5.41, 5.74) is 2.86. The van der Waals surface area contributed by atoms with Crippen molar-refractivity contribution in [1.29, 1.82) is 0 Å². The number of aromatic nitrogens is 1. The molecule has 3 aromatic carbocycles. The number of hydrogen-bond acceptors (Lipinski definition) is 6. The Bertz CT molecular complexity index is 1260. The van der Waals surface area contributed by atoms with Crippen LogP contribution in [0.3, 0.4) is 0 Å². The van der Waals surface area contributed by atoms with Crippen molar-refractivity contribution < 1.29 is 13.5 Å². The Hall–Kier alpha value is -2.55. The molecular weight excluding hydrogens is 424 g/mol. The molecular formula is C21H18N2O3S3. The minimum Gasteiger partial charge on any atom is -0.506 e. The number of sulfonamides is 1. The van der Waals surface area contributed by atoms with Crippen molar-refractivity contribution in [2.24, 2.45) is 0 Å². The molecule has 4 rings (SSSR count). The molecule has 0 saturated carbocycles. The average molecular weight is 443 g/mol. The third-order valence-electron chi connectivity index (χ3n) is 4.32. The number of aromatic hydroxyl groups is 1. The van der Waals surface area contributed by atoms with Crippen LogP contribution in [0.2, 0.25) is 0 Å². The van der Waals surface area contributed by atoms with Gasteiger partial charge in [-0.15, -0.1) is 11.3 Å². The molecule has 0 spiro atoms. The highest BCUT2D eigenvalue weighted by Gasteiger charge is 2.17. The van der Waals surface area contributed by atoms with Gasteiger partial charge in [-0.25, -0.2) is 13.4 Å². The number of nitrogens with zero attached hydrogens (tertiary/aromatic N) is 1. The number of rotatable bonds is 5. The Morgan fingerprint density at radius 1 is 1.03 bits per heavy atom. The maximum absolute atomic E-state index is 12.7. The van der Waals surface area contributed by atoms with Gasteiger partial charge in [-0.05, 0) is 55.8 Å². The molecule has 0 fully saturated rings. The fourth-order valence-corrected chi connectivity index (χ4v) is 6.02. The van der Waals surface area contributed by atoms with Crippen LogP contribution in [0.5, 0.6) is 5.75 Å². The van der Waals surface area contributed by atoms with E-state index in [2.05, 4.69) is 9.71 Å². The summed E-state index contributed by atoms with van der Waals surface area (Å²) >= 11 is 2.84. The maximum atomic E-state index is 12.7. The second kappa shape index (κ2) is 7.70. The smallest absolute Gasteiger partial charge is 0.261 e. The summed E-state index contributed by atoms with van der Waals surface area (Å²) in [7, 11) is -3.72. The van der Waals surface area contributed by atoms with Gasteiger partial charge >= 0.3 is 0 Å². The monoisotopic (exact) mass is 442 g/mol. The fraction of sp³-hybridized carbons (Fsp3) is 0.0952. The number of nitrogens with one attached hydrogen (secondary N) is 1. The molecule has 8 heteroatoms. The highest BCUT2D eigenvalue weighted by molar-refractivity contribution is 8.01. The normalized spacial score (nSPS) is 11.7. The first kappa shape index (κ1) is 19.8. The number of phenols is 1. The van der Waals surface area contributed by atoms with Crippen LogP contribution in [0.4, 0.5) is 5.69 Å². The van der Waals surface area contributed by atoms with Crippen LogP contribution < -0.4 is 4.72 Å². The zero-order chi connectivity index (χ0) is 20.6. The molecule has 148 valence electrons. The lowest BCUT2D eigenvalue weighted by atomic mass is 10.2. The summed E-state index contributed by atoms with van der Waals surface area (Å²) in [6, 6.07) is 17.7. The van der Waals surface area contributed by atoms with Crippen molar-refractivity contribution in [3.63, 3.8) is 0 Å². The zero-order valence-corrected chi connectivity index (χ0v) is 18.2. The van der Waals surface area contributed by atoms with Gasteiger partial charge in [-0.1, -0.05) is 41.6 Å². The first-order valence-corrected chi connectivity index (χ1v) is 11.9. The van der Waals surface area contributed by atoms with Gasteiger partial charge in [0.05, 0.1) is 25.7 Å². The van der Waals surface area contributed by atoms with E-state index in [1.54, 1.807) is 43.3 Å². The predicted molar refractivity (Wildman–Crippen MR) is 119 cm³/mol. The van der Waals surface area contributed by atoms with E-state index in [1.807, 2.05) is 31.2 Å². The molecule has 29 heavy (non-hydrogen) atoms. The molecule has 1 aromatic heterocycles. The topological polar surface area (TPSA) is 79.3 Å². The Morgan fingerprint density at radius 2 is 1.76 bits per heavy atom. The van der Waals surface area contributed by atoms with Gasteiger partial charge in [0.25, 0.3) is 10.0 Å². The van der Waals surface area contributed by atoms with Crippen LogP contribution in [0, 0.1) is 13.8 Å². The Kier molecular flexibility index (Phi) is 5.24. The summed E-state index contributed by atoms with van der Waals surface area (Å²) in [6.45, 7) is 3.64. The summed E-state index contributed by atoms with van der Waals surface area (Å²) in [4.78, 5) is 5.31. The standard InChI is InChI=1S/C21H18N2O3S3/c1-13-7-9-16(10-8-13)29(25,26)23-15-11-14(2)20(24)19(12-15)28-21-22-17-5-3-4-6-18(17)27-21/h3-12,23-24H,1-2H3. The van der Waals surface area contributed by atoms with Crippen LogP contribution in [-0.2, 0) is 10.0 Å². The van der Waals surface area contributed by atoms with E-state index in [4.69, 9.17) is 0 Å². The molecule has 0 aliphatic rings. The number of para-hydroxylation sites is 1. The van der Waals surface area contributed by atoms with E-state index < -0.39 is 10.0 Å². The summed E-state index contributed by atoms with van der Waals surface area (Å²) in [6.07, 6.45) is 0. The molecule has 0 aliphatic carbocycles. The van der Waals surface area contributed by atoms with E-state index in [-0.39, 0.29) is 10.6 Å². The van der Waals surface area contributed by atoms with Crippen LogP contribution in [0.1, 0.15) is 11.1 Å². The minimum absolute atomic E-state index is 0.118. The summed E-state index contributed by atoms with van der Waals surface area (Å²) in [5, 5.41) is 10.5. The molecule has 1 heterocycles. The zero-order valence-electron chi connectivity index (χ0n) is 15.7. The van der Waals surface area contributed by atoms with Crippen molar-refractivity contribution >= 4 is 49.0 Å². The van der Waals surface area contributed by atoms with Gasteiger partial charge in [0, 0.05) is 0 Å². The van der Waals surface area contributed by atoms with Crippen molar-refractivity contribution in [3.8, 4) is 5.75 Å². The van der Waals surface area contributed by atoms with E-state index in [0.717, 1.165) is 20.1 Å². The number of thiazole rings is 1. The second-order valence-electron chi connectivity index (χ2n) is 6.61. The number of fused-ring (bicyclic) bond motifs is 1. The van der Waals surface area contributed by atoms with Crippen molar-refractivity contribution in [2.45, 2.75) is 28.0 Å². The SMILES string of the molecule is Cc1ccc(S(=O)(=O)Nc2cc(C)c(O)c(Sc3nc4ccccc4s3)c2)cc1. The number of phenolic OH excluding ortho intramolecular Hbond substituents is 1. The molecule has 5 nitrogen and oxygen atoms in total. The molecule has 0 amide bonds. The van der Waals surface area contributed by atoms with Crippen LogP contribution in [-0.4, -0.2) is 18.5 Å². The first-order chi connectivity index (χ1) is 13.8. The largest absolute Gasteiger partial charge is 0.506 e. The Morgan fingerprint density at radius 3 is 2.48 bits per heavy atom. The van der Waals surface area contributed by atoms with Crippen LogP contribution in [0.15, 0.2) is 74.8 Å². The third-order valence-corrected chi connectivity index (χ3v) is 7.85. The van der Waals surface area contributed by atoms with Crippen LogP contribution >= 0.6 is 23.1 Å². The molecule has 0 unspecified atom stereocenters. The number of anilines is 1. The fourth-order valence-electron chi connectivity index (χ4n) is 2.80. The van der Waals surface area contributed by atoms with Gasteiger partial charge in [0.1, 0.15) is 5.75 Å². The quantitative estimate of drug-likeness (QED) is 0.395. The minimum atomic E-state index is -3.72.